The van der Waals surface area contributed by atoms with Crippen LogP contribution in [0.3, 0.4) is 0 Å². The van der Waals surface area contributed by atoms with E-state index in [9.17, 15) is 0 Å². The fourth-order valence-electron chi connectivity index (χ4n) is 3.31. The number of aromatic nitrogens is 3. The third-order valence-electron chi connectivity index (χ3n) is 4.82. The first-order valence-electron chi connectivity index (χ1n) is 9.15. The molecule has 1 fully saturated rings. The second-order valence-electron chi connectivity index (χ2n) is 6.58. The van der Waals surface area contributed by atoms with Gasteiger partial charge in [-0.1, -0.05) is 6.07 Å². The van der Waals surface area contributed by atoms with Crippen molar-refractivity contribution in [3.8, 4) is 16.5 Å². The predicted octanol–water partition coefficient (Wildman–Crippen LogP) is 3.37. The highest BCUT2D eigenvalue weighted by molar-refractivity contribution is 7.13. The van der Waals surface area contributed by atoms with Gasteiger partial charge in [0.1, 0.15) is 16.5 Å². The summed E-state index contributed by atoms with van der Waals surface area (Å²) in [6.45, 7) is 2.89. The Labute approximate surface area is 163 Å². The van der Waals surface area contributed by atoms with Crippen molar-refractivity contribution < 1.29 is 4.74 Å². The highest BCUT2D eigenvalue weighted by Gasteiger charge is 2.19. The third kappa shape index (κ3) is 4.43. The molecule has 27 heavy (non-hydrogen) atoms. The van der Waals surface area contributed by atoms with Gasteiger partial charge in [0.25, 0.3) is 0 Å². The van der Waals surface area contributed by atoms with E-state index in [1.807, 2.05) is 6.07 Å². The van der Waals surface area contributed by atoms with E-state index < -0.39 is 0 Å². The first kappa shape index (κ1) is 17.9. The first-order valence-corrected chi connectivity index (χ1v) is 10.0. The molecular weight excluding hydrogens is 358 g/mol. The summed E-state index contributed by atoms with van der Waals surface area (Å²) in [6, 6.07) is 8.82. The normalized spacial score (nSPS) is 15.1. The standard InChI is InChI=1S/C20H23N5OS/c1-26-18-4-2-3-17(11-18)25-9-5-15(6-10-25)23-12-16-14-27-20(24-16)19-13-21-7-8-22-19/h2-4,7-8,11,13-15,23H,5-6,9-10,12H2,1H3. The maximum atomic E-state index is 5.33. The van der Waals surface area contributed by atoms with E-state index in [1.165, 1.54) is 5.69 Å². The van der Waals surface area contributed by atoms with Gasteiger partial charge in [0.05, 0.1) is 19.0 Å². The molecule has 1 saturated heterocycles. The van der Waals surface area contributed by atoms with E-state index in [2.05, 4.69) is 48.7 Å². The van der Waals surface area contributed by atoms with Gasteiger partial charge >= 0.3 is 0 Å². The Kier molecular flexibility index (Phi) is 5.60. The van der Waals surface area contributed by atoms with Crippen molar-refractivity contribution in [3.05, 3.63) is 53.9 Å². The van der Waals surface area contributed by atoms with Gasteiger partial charge in [0, 0.05) is 55.2 Å². The summed E-state index contributed by atoms with van der Waals surface area (Å²) < 4.78 is 5.33. The second-order valence-corrected chi connectivity index (χ2v) is 7.44. The van der Waals surface area contributed by atoms with E-state index in [0.29, 0.717) is 6.04 Å². The number of benzene rings is 1. The first-order chi connectivity index (χ1) is 13.3. The van der Waals surface area contributed by atoms with Gasteiger partial charge in [-0.15, -0.1) is 11.3 Å². The number of ether oxygens (including phenoxy) is 1. The number of nitrogens with one attached hydrogen (secondary N) is 1. The fraction of sp³-hybridized carbons (Fsp3) is 0.350. The molecule has 7 heteroatoms. The summed E-state index contributed by atoms with van der Waals surface area (Å²) in [5, 5.41) is 6.68. The van der Waals surface area contributed by atoms with Crippen molar-refractivity contribution in [1.82, 2.24) is 20.3 Å². The molecule has 0 aliphatic carbocycles. The topological polar surface area (TPSA) is 63.2 Å². The Morgan fingerprint density at radius 1 is 1.26 bits per heavy atom. The molecular formula is C20H23N5OS. The van der Waals surface area contributed by atoms with Gasteiger partial charge in [0.2, 0.25) is 0 Å². The fourth-order valence-corrected chi connectivity index (χ4v) is 4.09. The molecule has 140 valence electrons. The molecule has 2 aromatic heterocycles. The summed E-state index contributed by atoms with van der Waals surface area (Å²) in [7, 11) is 1.71. The molecule has 0 unspecified atom stereocenters. The van der Waals surface area contributed by atoms with E-state index in [-0.39, 0.29) is 0 Å². The molecule has 1 N–H and O–H groups in total. The molecule has 0 amide bonds. The van der Waals surface area contributed by atoms with Crippen LogP contribution >= 0.6 is 11.3 Å². The van der Waals surface area contributed by atoms with Gasteiger partial charge in [-0.25, -0.2) is 4.98 Å². The van der Waals surface area contributed by atoms with Crippen LogP contribution in [0.5, 0.6) is 5.75 Å². The van der Waals surface area contributed by atoms with Gasteiger partial charge in [-0.3, -0.25) is 9.97 Å². The lowest BCUT2D eigenvalue weighted by molar-refractivity contribution is 0.408. The summed E-state index contributed by atoms with van der Waals surface area (Å²) in [5.74, 6) is 0.912. The quantitative estimate of drug-likeness (QED) is 0.706. The second kappa shape index (κ2) is 8.45. The predicted molar refractivity (Wildman–Crippen MR) is 108 cm³/mol. The molecule has 1 aliphatic rings. The molecule has 0 saturated carbocycles. The molecule has 1 aliphatic heterocycles. The van der Waals surface area contributed by atoms with Crippen molar-refractivity contribution in [3.63, 3.8) is 0 Å². The third-order valence-corrected chi connectivity index (χ3v) is 5.73. The smallest absolute Gasteiger partial charge is 0.143 e. The summed E-state index contributed by atoms with van der Waals surface area (Å²) in [5.41, 5.74) is 3.14. The molecule has 0 bridgehead atoms. The number of thiazole rings is 1. The number of hydrogen-bond acceptors (Lipinski definition) is 7. The molecule has 3 aromatic rings. The van der Waals surface area contributed by atoms with Crippen LogP contribution in [0.1, 0.15) is 18.5 Å². The highest BCUT2D eigenvalue weighted by atomic mass is 32.1. The molecule has 3 heterocycles. The molecule has 1 aromatic carbocycles. The molecule has 4 rings (SSSR count). The number of methoxy groups -OCH3 is 1. The minimum Gasteiger partial charge on any atom is -0.497 e. The maximum Gasteiger partial charge on any atom is 0.143 e. The Hall–Kier alpha value is -2.51. The zero-order valence-electron chi connectivity index (χ0n) is 15.3. The van der Waals surface area contributed by atoms with Crippen LogP contribution in [0, 0.1) is 0 Å². The van der Waals surface area contributed by atoms with Gasteiger partial charge in [-0.05, 0) is 25.0 Å². The van der Waals surface area contributed by atoms with E-state index in [4.69, 9.17) is 4.74 Å². The van der Waals surface area contributed by atoms with Crippen molar-refractivity contribution in [2.75, 3.05) is 25.1 Å². The van der Waals surface area contributed by atoms with Crippen molar-refractivity contribution in [2.24, 2.45) is 0 Å². The van der Waals surface area contributed by atoms with Crippen LogP contribution in [0.15, 0.2) is 48.2 Å². The number of piperidine rings is 1. The zero-order valence-corrected chi connectivity index (χ0v) is 16.2. The number of nitrogens with zero attached hydrogens (tertiary/aromatic N) is 4. The van der Waals surface area contributed by atoms with Crippen LogP contribution in [0.2, 0.25) is 0 Å². The highest BCUT2D eigenvalue weighted by Crippen LogP contribution is 2.25. The largest absolute Gasteiger partial charge is 0.497 e. The zero-order chi connectivity index (χ0) is 18.5. The lowest BCUT2D eigenvalue weighted by Crippen LogP contribution is -2.42. The minimum absolute atomic E-state index is 0.522. The van der Waals surface area contributed by atoms with Gasteiger partial charge < -0.3 is 15.0 Å². The van der Waals surface area contributed by atoms with Crippen molar-refractivity contribution in [1.29, 1.82) is 0 Å². The Balaban J connectivity index is 1.28. The Bertz CT molecular complexity index is 862. The average molecular weight is 382 g/mol. The van der Waals surface area contributed by atoms with Crippen LogP contribution in [-0.4, -0.2) is 41.2 Å². The van der Waals surface area contributed by atoms with Crippen LogP contribution in [-0.2, 0) is 6.54 Å². The van der Waals surface area contributed by atoms with E-state index >= 15 is 0 Å². The lowest BCUT2D eigenvalue weighted by Gasteiger charge is -2.34. The SMILES string of the molecule is COc1cccc(N2CCC(NCc3csc(-c4cnccn4)n3)CC2)c1. The number of anilines is 1. The Morgan fingerprint density at radius 2 is 2.15 bits per heavy atom. The van der Waals surface area contributed by atoms with E-state index in [1.54, 1.807) is 37.0 Å². The van der Waals surface area contributed by atoms with Crippen molar-refractivity contribution >= 4 is 17.0 Å². The lowest BCUT2D eigenvalue weighted by atomic mass is 10.0. The molecule has 0 spiro atoms. The monoisotopic (exact) mass is 381 g/mol. The van der Waals surface area contributed by atoms with Crippen LogP contribution in [0.4, 0.5) is 5.69 Å². The number of rotatable bonds is 6. The van der Waals surface area contributed by atoms with Gasteiger partial charge in [-0.2, -0.15) is 0 Å². The summed E-state index contributed by atoms with van der Waals surface area (Å²) in [4.78, 5) is 15.5. The summed E-state index contributed by atoms with van der Waals surface area (Å²) >= 11 is 1.62. The molecule has 0 atom stereocenters. The number of hydrogen-bond donors (Lipinski definition) is 1. The van der Waals surface area contributed by atoms with Gasteiger partial charge in [0.15, 0.2) is 0 Å². The summed E-state index contributed by atoms with van der Waals surface area (Å²) in [6.07, 6.45) is 7.38. The Morgan fingerprint density at radius 3 is 2.93 bits per heavy atom. The van der Waals surface area contributed by atoms with Crippen LogP contribution < -0.4 is 15.0 Å². The van der Waals surface area contributed by atoms with E-state index in [0.717, 1.165) is 54.6 Å². The molecule has 6 nitrogen and oxygen atoms in total. The van der Waals surface area contributed by atoms with Crippen molar-refractivity contribution in [2.45, 2.75) is 25.4 Å². The van der Waals surface area contributed by atoms with Crippen LogP contribution in [0.25, 0.3) is 10.7 Å². The average Bonchev–Trinajstić information content (AvgIpc) is 3.22. The maximum absolute atomic E-state index is 5.33. The molecule has 0 radical (unpaired) electrons. The minimum atomic E-state index is 0.522.